The van der Waals surface area contributed by atoms with Crippen molar-refractivity contribution in [1.29, 1.82) is 0 Å². The van der Waals surface area contributed by atoms with Crippen molar-refractivity contribution in [3.05, 3.63) is 83.4 Å². The molecule has 0 saturated carbocycles. The fraction of sp³-hybridized carbons (Fsp3) is 0.308. The SMILES string of the molecule is Cc1cc(CC(C)C)c(C(C)C)c(-c2ccccc2)c1-c1ccccc1. The third kappa shape index (κ3) is 3.75. The monoisotopic (exact) mass is 342 g/mol. The first-order valence-electron chi connectivity index (χ1n) is 9.76. The van der Waals surface area contributed by atoms with E-state index >= 15 is 0 Å². The van der Waals surface area contributed by atoms with Crippen molar-refractivity contribution in [3.63, 3.8) is 0 Å². The third-order valence-electron chi connectivity index (χ3n) is 4.98. The molecule has 26 heavy (non-hydrogen) atoms. The Balaban J connectivity index is 2.39. The Bertz CT molecular complexity index is 856. The lowest BCUT2D eigenvalue weighted by molar-refractivity contribution is 0.638. The second-order valence-corrected chi connectivity index (χ2v) is 8.00. The van der Waals surface area contributed by atoms with Crippen molar-refractivity contribution in [1.82, 2.24) is 0 Å². The van der Waals surface area contributed by atoms with E-state index in [1.54, 1.807) is 0 Å². The molecule has 0 heteroatoms. The minimum absolute atomic E-state index is 0.488. The first-order chi connectivity index (χ1) is 12.5. The van der Waals surface area contributed by atoms with Gasteiger partial charge in [0.05, 0.1) is 0 Å². The van der Waals surface area contributed by atoms with Gasteiger partial charge in [0.1, 0.15) is 0 Å². The first kappa shape index (κ1) is 18.5. The van der Waals surface area contributed by atoms with Crippen molar-refractivity contribution >= 4 is 0 Å². The molecule has 0 aliphatic carbocycles. The summed E-state index contributed by atoms with van der Waals surface area (Å²) in [5, 5.41) is 0. The van der Waals surface area contributed by atoms with Gasteiger partial charge in [0.25, 0.3) is 0 Å². The van der Waals surface area contributed by atoms with E-state index in [9.17, 15) is 0 Å². The Morgan fingerprint density at radius 1 is 0.692 bits per heavy atom. The van der Waals surface area contributed by atoms with E-state index in [2.05, 4.69) is 101 Å². The molecule has 134 valence electrons. The van der Waals surface area contributed by atoms with Crippen molar-refractivity contribution in [3.8, 4) is 22.3 Å². The maximum Gasteiger partial charge on any atom is -0.00653 e. The zero-order valence-electron chi connectivity index (χ0n) is 16.7. The summed E-state index contributed by atoms with van der Waals surface area (Å²) in [5.41, 5.74) is 9.82. The third-order valence-corrected chi connectivity index (χ3v) is 4.98. The highest BCUT2D eigenvalue weighted by Gasteiger charge is 2.21. The average molecular weight is 343 g/mol. The van der Waals surface area contributed by atoms with Gasteiger partial charge in [-0.3, -0.25) is 0 Å². The molecule has 0 bridgehead atoms. The highest BCUT2D eigenvalue weighted by Crippen LogP contribution is 2.42. The number of benzene rings is 3. The molecule has 0 N–H and O–H groups in total. The molecule has 0 aliphatic heterocycles. The van der Waals surface area contributed by atoms with Crippen LogP contribution in [0.3, 0.4) is 0 Å². The van der Waals surface area contributed by atoms with E-state index in [1.807, 2.05) is 0 Å². The molecule has 0 spiro atoms. The molecule has 0 atom stereocenters. The van der Waals surface area contributed by atoms with Crippen LogP contribution in [0.4, 0.5) is 0 Å². The summed E-state index contributed by atoms with van der Waals surface area (Å²) in [6, 6.07) is 24.2. The molecule has 0 aliphatic rings. The molecule has 3 rings (SSSR count). The van der Waals surface area contributed by atoms with Gasteiger partial charge < -0.3 is 0 Å². The fourth-order valence-corrected chi connectivity index (χ4v) is 4.05. The van der Waals surface area contributed by atoms with Crippen LogP contribution in [-0.2, 0) is 6.42 Å². The Morgan fingerprint density at radius 3 is 1.65 bits per heavy atom. The Kier molecular flexibility index (Phi) is 5.61. The van der Waals surface area contributed by atoms with Gasteiger partial charge in [0.2, 0.25) is 0 Å². The smallest absolute Gasteiger partial charge is 0.00653 e. The van der Waals surface area contributed by atoms with Gasteiger partial charge in [-0.15, -0.1) is 0 Å². The standard InChI is InChI=1S/C26H30/c1-18(2)16-23-17-20(5)25(21-12-8-6-9-13-21)26(24(23)19(3)4)22-14-10-7-11-15-22/h6-15,17-19H,16H2,1-5H3. The summed E-state index contributed by atoms with van der Waals surface area (Å²) in [7, 11) is 0. The van der Waals surface area contributed by atoms with E-state index in [-0.39, 0.29) is 0 Å². The normalized spacial score (nSPS) is 11.3. The molecular weight excluding hydrogens is 312 g/mol. The van der Waals surface area contributed by atoms with E-state index < -0.39 is 0 Å². The van der Waals surface area contributed by atoms with Crippen LogP contribution in [0.25, 0.3) is 22.3 Å². The number of aryl methyl sites for hydroxylation is 1. The van der Waals surface area contributed by atoms with Crippen LogP contribution >= 0.6 is 0 Å². The van der Waals surface area contributed by atoms with Crippen LogP contribution in [0, 0.1) is 12.8 Å². The first-order valence-corrected chi connectivity index (χ1v) is 9.76. The van der Waals surface area contributed by atoms with E-state index in [0.29, 0.717) is 11.8 Å². The number of rotatable bonds is 5. The molecule has 0 amide bonds. The van der Waals surface area contributed by atoms with Gasteiger partial charge in [0.15, 0.2) is 0 Å². The second kappa shape index (κ2) is 7.91. The highest BCUT2D eigenvalue weighted by atomic mass is 14.2. The molecule has 0 aromatic heterocycles. The Hall–Kier alpha value is -2.34. The van der Waals surface area contributed by atoms with Crippen molar-refractivity contribution < 1.29 is 0 Å². The van der Waals surface area contributed by atoms with Gasteiger partial charge in [0, 0.05) is 0 Å². The van der Waals surface area contributed by atoms with Gasteiger partial charge in [-0.1, -0.05) is 94.4 Å². The molecule has 3 aromatic rings. The summed E-state index contributed by atoms with van der Waals surface area (Å²) < 4.78 is 0. The Morgan fingerprint density at radius 2 is 1.19 bits per heavy atom. The number of hydrogen-bond acceptors (Lipinski definition) is 0. The van der Waals surface area contributed by atoms with Crippen LogP contribution in [0.15, 0.2) is 66.7 Å². The molecule has 0 radical (unpaired) electrons. The Labute approximate surface area is 158 Å². The minimum Gasteiger partial charge on any atom is -0.0625 e. The summed E-state index contributed by atoms with van der Waals surface area (Å²) in [5.74, 6) is 1.14. The van der Waals surface area contributed by atoms with Crippen LogP contribution in [-0.4, -0.2) is 0 Å². The van der Waals surface area contributed by atoms with Gasteiger partial charge in [-0.05, 0) is 64.1 Å². The van der Waals surface area contributed by atoms with Crippen LogP contribution in [0.2, 0.25) is 0 Å². The quantitative estimate of drug-likeness (QED) is 0.446. The summed E-state index contributed by atoms with van der Waals surface area (Å²) in [6.45, 7) is 11.5. The fourth-order valence-electron chi connectivity index (χ4n) is 4.05. The predicted octanol–water partition coefficient (Wildman–Crippen LogP) is 7.65. The largest absolute Gasteiger partial charge is 0.0625 e. The molecule has 0 nitrogen and oxygen atoms in total. The molecule has 0 saturated heterocycles. The topological polar surface area (TPSA) is 0 Å². The zero-order valence-corrected chi connectivity index (χ0v) is 16.7. The van der Waals surface area contributed by atoms with Gasteiger partial charge >= 0.3 is 0 Å². The maximum atomic E-state index is 2.43. The lowest BCUT2D eigenvalue weighted by atomic mass is 9.79. The maximum absolute atomic E-state index is 2.43. The summed E-state index contributed by atoms with van der Waals surface area (Å²) >= 11 is 0. The average Bonchev–Trinajstić information content (AvgIpc) is 2.61. The number of hydrogen-bond donors (Lipinski definition) is 0. The summed E-state index contributed by atoms with van der Waals surface area (Å²) in [6.07, 6.45) is 1.13. The van der Waals surface area contributed by atoms with Crippen LogP contribution in [0.1, 0.15) is 50.3 Å². The molecule has 0 heterocycles. The van der Waals surface area contributed by atoms with Crippen molar-refractivity contribution in [2.45, 2.75) is 47.0 Å². The van der Waals surface area contributed by atoms with Crippen LogP contribution < -0.4 is 0 Å². The molecular formula is C26H30. The molecule has 3 aromatic carbocycles. The molecule has 0 unspecified atom stereocenters. The van der Waals surface area contributed by atoms with E-state index in [0.717, 1.165) is 6.42 Å². The van der Waals surface area contributed by atoms with Crippen molar-refractivity contribution in [2.75, 3.05) is 0 Å². The predicted molar refractivity (Wildman–Crippen MR) is 115 cm³/mol. The van der Waals surface area contributed by atoms with Crippen molar-refractivity contribution in [2.24, 2.45) is 5.92 Å². The highest BCUT2D eigenvalue weighted by molar-refractivity contribution is 5.89. The van der Waals surface area contributed by atoms with Crippen LogP contribution in [0.5, 0.6) is 0 Å². The lowest BCUT2D eigenvalue weighted by Gasteiger charge is -2.25. The van der Waals surface area contributed by atoms with E-state index in [1.165, 1.54) is 38.9 Å². The minimum atomic E-state index is 0.488. The van der Waals surface area contributed by atoms with Gasteiger partial charge in [-0.2, -0.15) is 0 Å². The summed E-state index contributed by atoms with van der Waals surface area (Å²) in [4.78, 5) is 0. The lowest BCUT2D eigenvalue weighted by Crippen LogP contribution is -2.06. The second-order valence-electron chi connectivity index (χ2n) is 8.00. The van der Waals surface area contributed by atoms with Gasteiger partial charge in [-0.25, -0.2) is 0 Å². The zero-order chi connectivity index (χ0) is 18.7. The molecule has 0 fully saturated rings. The van der Waals surface area contributed by atoms with E-state index in [4.69, 9.17) is 0 Å².